The average Bonchev–Trinajstić information content (AvgIpc) is 2.81. The van der Waals surface area contributed by atoms with Crippen molar-refractivity contribution >= 4 is 27.3 Å². The first kappa shape index (κ1) is 27.0. The summed E-state index contributed by atoms with van der Waals surface area (Å²) in [6.45, 7) is 10.4. The van der Waals surface area contributed by atoms with Gasteiger partial charge in [-0.05, 0) is 26.0 Å². The maximum atomic E-state index is 12.8. The Morgan fingerprint density at radius 2 is 1.79 bits per heavy atom. The van der Waals surface area contributed by atoms with Crippen LogP contribution >= 0.6 is 0 Å². The van der Waals surface area contributed by atoms with Gasteiger partial charge in [-0.25, -0.2) is 8.42 Å². The number of hydrogen-bond acceptors (Lipinski definition) is 8. The highest BCUT2D eigenvalue weighted by molar-refractivity contribution is 7.89. The van der Waals surface area contributed by atoms with Gasteiger partial charge in [0.1, 0.15) is 11.8 Å². The molecule has 1 aromatic carbocycles. The number of amides is 1. The molecule has 1 amide bonds. The zero-order chi connectivity index (χ0) is 24.6. The lowest BCUT2D eigenvalue weighted by Gasteiger charge is -2.36. The quantitative estimate of drug-likeness (QED) is 0.249. The van der Waals surface area contributed by atoms with Gasteiger partial charge in [-0.2, -0.15) is 4.31 Å². The van der Waals surface area contributed by atoms with Gasteiger partial charge in [-0.1, -0.05) is 13.8 Å². The van der Waals surface area contributed by atoms with Crippen molar-refractivity contribution in [1.82, 2.24) is 9.21 Å². The minimum Gasteiger partial charge on any atom is -0.379 e. The standard InChI is InChI=1S/C21H34N4O7S/c1-5-24(6-2)33(29,30)18-8-9-19(20(16-18)25(27)28)22-10-12-23(13-11-22)21(26)17(4)32-15-14-31-7-3/h8-9,16-17H,5-7,10-15H2,1-4H3. The highest BCUT2D eigenvalue weighted by atomic mass is 32.2. The number of rotatable bonds is 12. The summed E-state index contributed by atoms with van der Waals surface area (Å²) in [7, 11) is -3.81. The van der Waals surface area contributed by atoms with E-state index in [1.165, 1.54) is 16.4 Å². The molecule has 1 aliphatic rings. The summed E-state index contributed by atoms with van der Waals surface area (Å²) in [5.41, 5.74) is 0.0715. The van der Waals surface area contributed by atoms with Crippen molar-refractivity contribution in [3.05, 3.63) is 28.3 Å². The summed E-state index contributed by atoms with van der Waals surface area (Å²) in [4.78, 5) is 27.2. The number of carbonyl (C=O) groups excluding carboxylic acids is 1. The molecule has 0 bridgehead atoms. The van der Waals surface area contributed by atoms with E-state index in [2.05, 4.69) is 0 Å². The fourth-order valence-electron chi connectivity index (χ4n) is 3.71. The van der Waals surface area contributed by atoms with Crippen molar-refractivity contribution in [3.63, 3.8) is 0 Å². The lowest BCUT2D eigenvalue weighted by Crippen LogP contribution is -2.51. The van der Waals surface area contributed by atoms with Gasteiger partial charge in [0.15, 0.2) is 0 Å². The van der Waals surface area contributed by atoms with Gasteiger partial charge in [-0.3, -0.25) is 14.9 Å². The van der Waals surface area contributed by atoms with Crippen LogP contribution in [0.15, 0.2) is 23.1 Å². The molecule has 0 spiro atoms. The molecule has 1 aromatic rings. The molecule has 11 nitrogen and oxygen atoms in total. The van der Waals surface area contributed by atoms with Crippen LogP contribution in [0.5, 0.6) is 0 Å². The molecular formula is C21H34N4O7S. The van der Waals surface area contributed by atoms with Crippen molar-refractivity contribution in [2.75, 3.05) is 64.0 Å². The van der Waals surface area contributed by atoms with Gasteiger partial charge in [-0.15, -0.1) is 0 Å². The number of nitro groups is 1. The zero-order valence-electron chi connectivity index (χ0n) is 19.7. The first-order valence-electron chi connectivity index (χ1n) is 11.2. The molecule has 0 radical (unpaired) electrons. The Morgan fingerprint density at radius 3 is 2.33 bits per heavy atom. The van der Waals surface area contributed by atoms with E-state index < -0.39 is 21.1 Å². The number of carbonyl (C=O) groups is 1. The van der Waals surface area contributed by atoms with Gasteiger partial charge >= 0.3 is 0 Å². The van der Waals surface area contributed by atoms with Crippen LogP contribution in [0.3, 0.4) is 0 Å². The van der Waals surface area contributed by atoms with Crippen LogP contribution in [-0.4, -0.2) is 93.6 Å². The van der Waals surface area contributed by atoms with Crippen LogP contribution < -0.4 is 4.90 Å². The van der Waals surface area contributed by atoms with Gasteiger partial charge < -0.3 is 19.3 Å². The molecule has 12 heteroatoms. The smallest absolute Gasteiger partial charge is 0.293 e. The van der Waals surface area contributed by atoms with Crippen molar-refractivity contribution in [2.45, 2.75) is 38.7 Å². The summed E-state index contributed by atoms with van der Waals surface area (Å²) < 4.78 is 37.5. The van der Waals surface area contributed by atoms with Crippen LogP contribution in [0.1, 0.15) is 27.7 Å². The minimum atomic E-state index is -3.81. The van der Waals surface area contributed by atoms with E-state index in [9.17, 15) is 23.3 Å². The maximum Gasteiger partial charge on any atom is 0.293 e. The number of benzene rings is 1. The second kappa shape index (κ2) is 12.3. The Kier molecular flexibility index (Phi) is 10.0. The molecule has 186 valence electrons. The Bertz CT molecular complexity index is 913. The molecule has 0 aromatic heterocycles. The number of sulfonamides is 1. The normalized spacial score (nSPS) is 15.7. The van der Waals surface area contributed by atoms with Gasteiger partial charge in [0.2, 0.25) is 10.0 Å². The second-order valence-corrected chi connectivity index (χ2v) is 9.46. The van der Waals surface area contributed by atoms with Crippen molar-refractivity contribution in [2.24, 2.45) is 0 Å². The second-order valence-electron chi connectivity index (χ2n) is 7.52. The average molecular weight is 487 g/mol. The van der Waals surface area contributed by atoms with Crippen LogP contribution in [0.25, 0.3) is 0 Å². The molecular weight excluding hydrogens is 452 g/mol. The van der Waals surface area contributed by atoms with Crippen LogP contribution in [0, 0.1) is 10.1 Å². The van der Waals surface area contributed by atoms with Crippen molar-refractivity contribution in [1.29, 1.82) is 0 Å². The van der Waals surface area contributed by atoms with Crippen molar-refractivity contribution < 1.29 is 27.6 Å². The summed E-state index contributed by atoms with van der Waals surface area (Å²) >= 11 is 0. The molecule has 0 aliphatic carbocycles. The van der Waals surface area contributed by atoms with E-state index >= 15 is 0 Å². The molecule has 1 saturated heterocycles. The predicted molar refractivity (Wildman–Crippen MR) is 124 cm³/mol. The summed E-state index contributed by atoms with van der Waals surface area (Å²) in [5, 5.41) is 11.7. The first-order chi connectivity index (χ1) is 15.7. The Labute approximate surface area is 195 Å². The Balaban J connectivity index is 2.10. The van der Waals surface area contributed by atoms with E-state index in [0.717, 1.165) is 6.07 Å². The molecule has 2 rings (SSSR count). The molecule has 0 N–H and O–H groups in total. The van der Waals surface area contributed by atoms with E-state index in [1.54, 1.807) is 30.6 Å². The lowest BCUT2D eigenvalue weighted by atomic mass is 10.2. The van der Waals surface area contributed by atoms with Crippen LogP contribution in [0.2, 0.25) is 0 Å². The number of nitro benzene ring substituents is 1. The highest BCUT2D eigenvalue weighted by Gasteiger charge is 2.30. The molecule has 0 saturated carbocycles. The third-order valence-electron chi connectivity index (χ3n) is 5.57. The van der Waals surface area contributed by atoms with E-state index in [-0.39, 0.29) is 29.6 Å². The molecule has 1 unspecified atom stereocenters. The maximum absolute atomic E-state index is 12.8. The SMILES string of the molecule is CCOCCOC(C)C(=O)N1CCN(c2ccc(S(=O)(=O)N(CC)CC)cc2[N+](=O)[O-])CC1. The summed E-state index contributed by atoms with van der Waals surface area (Å²) in [6, 6.07) is 4.00. The number of anilines is 1. The molecule has 33 heavy (non-hydrogen) atoms. The van der Waals surface area contributed by atoms with Crippen LogP contribution in [-0.2, 0) is 24.3 Å². The number of ether oxygens (including phenoxy) is 2. The fraction of sp³-hybridized carbons (Fsp3) is 0.667. The third kappa shape index (κ3) is 6.62. The number of nitrogens with zero attached hydrogens (tertiary/aromatic N) is 4. The van der Waals surface area contributed by atoms with E-state index in [0.29, 0.717) is 51.7 Å². The van der Waals surface area contributed by atoms with E-state index in [4.69, 9.17) is 9.47 Å². The topological polar surface area (TPSA) is 123 Å². The largest absolute Gasteiger partial charge is 0.379 e. The minimum absolute atomic E-state index is 0.103. The summed E-state index contributed by atoms with van der Waals surface area (Å²) in [6.07, 6.45) is -0.601. The van der Waals surface area contributed by atoms with Gasteiger partial charge in [0.05, 0.1) is 23.0 Å². The van der Waals surface area contributed by atoms with E-state index in [1.807, 2.05) is 6.92 Å². The number of piperazine rings is 1. The Morgan fingerprint density at radius 1 is 1.15 bits per heavy atom. The molecule has 1 heterocycles. The highest BCUT2D eigenvalue weighted by Crippen LogP contribution is 2.32. The molecule has 1 atom stereocenters. The molecule has 1 fully saturated rings. The van der Waals surface area contributed by atoms with Gasteiger partial charge in [0.25, 0.3) is 11.6 Å². The number of hydrogen-bond donors (Lipinski definition) is 0. The summed E-state index contributed by atoms with van der Waals surface area (Å²) in [5.74, 6) is -0.138. The van der Waals surface area contributed by atoms with Crippen LogP contribution in [0.4, 0.5) is 11.4 Å². The monoisotopic (exact) mass is 486 g/mol. The third-order valence-corrected chi connectivity index (χ3v) is 7.61. The fourth-order valence-corrected chi connectivity index (χ4v) is 5.19. The van der Waals surface area contributed by atoms with Gasteiger partial charge in [0, 0.05) is 51.9 Å². The first-order valence-corrected chi connectivity index (χ1v) is 12.6. The van der Waals surface area contributed by atoms with Crippen molar-refractivity contribution in [3.8, 4) is 0 Å². The zero-order valence-corrected chi connectivity index (χ0v) is 20.5. The Hall–Kier alpha value is -2.28. The predicted octanol–water partition coefficient (Wildman–Crippen LogP) is 1.72. The molecule has 1 aliphatic heterocycles. The lowest BCUT2D eigenvalue weighted by molar-refractivity contribution is -0.384.